The van der Waals surface area contributed by atoms with Crippen molar-refractivity contribution in [3.05, 3.63) is 42.9 Å². The van der Waals surface area contributed by atoms with Crippen LogP contribution >= 0.6 is 27.3 Å². The Hall–Kier alpha value is -1.54. The van der Waals surface area contributed by atoms with E-state index in [4.69, 9.17) is 0 Å². The van der Waals surface area contributed by atoms with Crippen molar-refractivity contribution < 1.29 is 4.92 Å². The van der Waals surface area contributed by atoms with Gasteiger partial charge >= 0.3 is 5.69 Å². The van der Waals surface area contributed by atoms with E-state index in [1.54, 1.807) is 23.7 Å². The van der Waals surface area contributed by atoms with Gasteiger partial charge in [0, 0.05) is 28.7 Å². The molecule has 2 aromatic heterocycles. The molecule has 100 valence electrons. The van der Waals surface area contributed by atoms with Crippen LogP contribution in [0.2, 0.25) is 0 Å². The topological polar surface area (TPSA) is 72.2 Å². The van der Waals surface area contributed by atoms with E-state index in [1.807, 2.05) is 6.92 Å². The Morgan fingerprint density at radius 1 is 1.53 bits per heavy atom. The summed E-state index contributed by atoms with van der Waals surface area (Å²) in [6.45, 7) is 2.47. The zero-order chi connectivity index (χ0) is 14.0. The number of anilines is 1. The van der Waals surface area contributed by atoms with E-state index in [1.165, 1.54) is 17.4 Å². The fourth-order valence-corrected chi connectivity index (χ4v) is 2.77. The van der Waals surface area contributed by atoms with E-state index in [0.717, 1.165) is 10.6 Å². The molecule has 8 heteroatoms. The smallest absolute Gasteiger partial charge is 0.312 e. The van der Waals surface area contributed by atoms with Crippen LogP contribution in [0.1, 0.15) is 10.6 Å². The molecule has 2 heterocycles. The maximum absolute atomic E-state index is 11.1. The standard InChI is InChI=1S/C11H11BrN4O2S/c1-7-10(19-6-14-7)5-15(2)11-9(16(17)18)3-8(12)4-13-11/h3-4,6H,5H2,1-2H3. The zero-order valence-corrected chi connectivity index (χ0v) is 12.7. The molecular weight excluding hydrogens is 332 g/mol. The predicted octanol–water partition coefficient (Wildman–Crippen LogP) is 3.15. The summed E-state index contributed by atoms with van der Waals surface area (Å²) in [4.78, 5) is 21.8. The third-order valence-corrected chi connectivity index (χ3v) is 3.95. The molecule has 0 radical (unpaired) electrons. The highest BCUT2D eigenvalue weighted by molar-refractivity contribution is 9.10. The van der Waals surface area contributed by atoms with Crippen LogP contribution in [0.4, 0.5) is 11.5 Å². The molecule has 6 nitrogen and oxygen atoms in total. The second-order valence-corrected chi connectivity index (χ2v) is 5.83. The van der Waals surface area contributed by atoms with Crippen LogP contribution in [0, 0.1) is 17.0 Å². The average Bonchev–Trinajstić information content (AvgIpc) is 2.74. The number of pyridine rings is 1. The van der Waals surface area contributed by atoms with Gasteiger partial charge in [0.05, 0.1) is 22.7 Å². The first kappa shape index (κ1) is 13.9. The first-order chi connectivity index (χ1) is 8.99. The first-order valence-electron chi connectivity index (χ1n) is 5.39. The summed E-state index contributed by atoms with van der Waals surface area (Å²) in [5.41, 5.74) is 2.69. The molecule has 19 heavy (non-hydrogen) atoms. The second-order valence-electron chi connectivity index (χ2n) is 3.97. The van der Waals surface area contributed by atoms with Gasteiger partial charge in [-0.3, -0.25) is 10.1 Å². The minimum Gasteiger partial charge on any atom is -0.349 e. The molecule has 0 aliphatic rings. The fourth-order valence-electron chi connectivity index (χ4n) is 1.62. The van der Waals surface area contributed by atoms with Crippen LogP contribution in [0.3, 0.4) is 0 Å². The number of nitro groups is 1. The average molecular weight is 343 g/mol. The number of thiazole rings is 1. The molecule has 0 aromatic carbocycles. The van der Waals surface area contributed by atoms with Crippen molar-refractivity contribution in [1.29, 1.82) is 0 Å². The molecular formula is C11H11BrN4O2S. The summed E-state index contributed by atoms with van der Waals surface area (Å²) in [5, 5.41) is 11.1. The Morgan fingerprint density at radius 3 is 2.84 bits per heavy atom. The zero-order valence-electron chi connectivity index (χ0n) is 10.3. The lowest BCUT2D eigenvalue weighted by Gasteiger charge is -2.17. The second kappa shape index (κ2) is 5.62. The number of rotatable bonds is 4. The molecule has 0 bridgehead atoms. The van der Waals surface area contributed by atoms with Gasteiger partial charge in [-0.05, 0) is 22.9 Å². The minimum absolute atomic E-state index is 0.0148. The SMILES string of the molecule is Cc1ncsc1CN(C)c1ncc(Br)cc1[N+](=O)[O-]. The molecule has 0 fully saturated rings. The van der Waals surface area contributed by atoms with Gasteiger partial charge in [0.2, 0.25) is 5.82 Å². The van der Waals surface area contributed by atoms with E-state index < -0.39 is 4.92 Å². The minimum atomic E-state index is -0.427. The summed E-state index contributed by atoms with van der Waals surface area (Å²) in [7, 11) is 1.78. The van der Waals surface area contributed by atoms with E-state index in [2.05, 4.69) is 25.9 Å². The largest absolute Gasteiger partial charge is 0.349 e. The third-order valence-electron chi connectivity index (χ3n) is 2.60. The van der Waals surface area contributed by atoms with Gasteiger partial charge in [0.1, 0.15) is 0 Å². The predicted molar refractivity (Wildman–Crippen MR) is 77.5 cm³/mol. The molecule has 0 aliphatic carbocycles. The quantitative estimate of drug-likeness (QED) is 0.630. The number of aryl methyl sites for hydroxylation is 1. The van der Waals surface area contributed by atoms with Crippen LogP contribution < -0.4 is 4.90 Å². The highest BCUT2D eigenvalue weighted by Gasteiger charge is 2.20. The van der Waals surface area contributed by atoms with Crippen LogP contribution in [0.15, 0.2) is 22.2 Å². The van der Waals surface area contributed by atoms with E-state index in [-0.39, 0.29) is 5.69 Å². The van der Waals surface area contributed by atoms with Crippen LogP contribution in [-0.2, 0) is 6.54 Å². The van der Waals surface area contributed by atoms with Crippen molar-refractivity contribution >= 4 is 38.8 Å². The number of hydrogen-bond donors (Lipinski definition) is 0. The molecule has 0 saturated carbocycles. The maximum Gasteiger partial charge on any atom is 0.312 e. The highest BCUT2D eigenvalue weighted by atomic mass is 79.9. The Balaban J connectivity index is 2.31. The van der Waals surface area contributed by atoms with Gasteiger partial charge in [-0.25, -0.2) is 9.97 Å². The van der Waals surface area contributed by atoms with E-state index in [0.29, 0.717) is 16.8 Å². The molecule has 2 aromatic rings. The Bertz CT molecular complexity index is 616. The van der Waals surface area contributed by atoms with Crippen molar-refractivity contribution in [3.63, 3.8) is 0 Å². The lowest BCUT2D eigenvalue weighted by molar-refractivity contribution is -0.384. The lowest BCUT2D eigenvalue weighted by atomic mass is 10.3. The van der Waals surface area contributed by atoms with E-state index in [9.17, 15) is 10.1 Å². The van der Waals surface area contributed by atoms with Gasteiger partial charge in [-0.2, -0.15) is 0 Å². The monoisotopic (exact) mass is 342 g/mol. The first-order valence-corrected chi connectivity index (χ1v) is 7.06. The van der Waals surface area contributed by atoms with Gasteiger partial charge in [0.15, 0.2) is 0 Å². The molecule has 2 rings (SSSR count). The van der Waals surface area contributed by atoms with Crippen molar-refractivity contribution in [2.24, 2.45) is 0 Å². The van der Waals surface area contributed by atoms with Gasteiger partial charge in [0.25, 0.3) is 0 Å². The van der Waals surface area contributed by atoms with Gasteiger partial charge in [-0.1, -0.05) is 0 Å². The summed E-state index contributed by atoms with van der Waals surface area (Å²) < 4.78 is 0.588. The molecule has 0 amide bonds. The Morgan fingerprint density at radius 2 is 2.26 bits per heavy atom. The lowest BCUT2D eigenvalue weighted by Crippen LogP contribution is -2.19. The Kier molecular flexibility index (Phi) is 4.11. The number of nitrogens with zero attached hydrogens (tertiary/aromatic N) is 4. The normalized spacial score (nSPS) is 10.5. The van der Waals surface area contributed by atoms with Crippen molar-refractivity contribution in [2.75, 3.05) is 11.9 Å². The summed E-state index contributed by atoms with van der Waals surface area (Å²) in [6.07, 6.45) is 1.55. The maximum atomic E-state index is 11.1. The third kappa shape index (κ3) is 3.07. The molecule has 0 aliphatic heterocycles. The molecule has 0 unspecified atom stereocenters. The number of aromatic nitrogens is 2. The summed E-state index contributed by atoms with van der Waals surface area (Å²) >= 11 is 4.72. The van der Waals surface area contributed by atoms with Crippen LogP contribution in [-0.4, -0.2) is 21.9 Å². The van der Waals surface area contributed by atoms with Gasteiger partial charge in [-0.15, -0.1) is 11.3 Å². The summed E-state index contributed by atoms with van der Waals surface area (Å²) in [6, 6.07) is 1.46. The molecule has 0 spiro atoms. The molecule has 0 atom stereocenters. The number of hydrogen-bond acceptors (Lipinski definition) is 6. The van der Waals surface area contributed by atoms with Crippen molar-refractivity contribution in [2.45, 2.75) is 13.5 Å². The highest BCUT2D eigenvalue weighted by Crippen LogP contribution is 2.29. The van der Waals surface area contributed by atoms with Crippen molar-refractivity contribution in [1.82, 2.24) is 9.97 Å². The molecule has 0 N–H and O–H groups in total. The Labute approximate surface area is 122 Å². The fraction of sp³-hybridized carbons (Fsp3) is 0.273. The van der Waals surface area contributed by atoms with Gasteiger partial charge < -0.3 is 4.90 Å². The number of halogens is 1. The van der Waals surface area contributed by atoms with Crippen LogP contribution in [0.5, 0.6) is 0 Å². The molecule has 0 saturated heterocycles. The summed E-state index contributed by atoms with van der Waals surface area (Å²) in [5.74, 6) is 0.348. The van der Waals surface area contributed by atoms with Crippen molar-refractivity contribution in [3.8, 4) is 0 Å². The van der Waals surface area contributed by atoms with E-state index >= 15 is 0 Å². The van der Waals surface area contributed by atoms with Crippen LogP contribution in [0.25, 0.3) is 0 Å².